The van der Waals surface area contributed by atoms with Crippen molar-refractivity contribution in [3.8, 4) is 11.6 Å². The number of aromatic carboxylic acids is 1. The zero-order valence-electron chi connectivity index (χ0n) is 10.9. The van der Waals surface area contributed by atoms with Crippen LogP contribution in [0.2, 0.25) is 0 Å². The fourth-order valence-corrected chi connectivity index (χ4v) is 1.96. The fraction of sp³-hybridized carbons (Fsp3) is 0.0714. The quantitative estimate of drug-likeness (QED) is 0.801. The minimum Gasteiger partial charge on any atom is -0.478 e. The van der Waals surface area contributed by atoms with Gasteiger partial charge in [-0.2, -0.15) is 5.10 Å². The number of carbonyl (C=O) groups is 1. The molecule has 0 spiro atoms. The van der Waals surface area contributed by atoms with Crippen LogP contribution in [0.15, 0.2) is 36.7 Å². The van der Waals surface area contributed by atoms with E-state index in [-0.39, 0.29) is 17.2 Å². The van der Waals surface area contributed by atoms with Crippen molar-refractivity contribution in [2.24, 2.45) is 0 Å². The molecule has 2 heterocycles. The van der Waals surface area contributed by atoms with Crippen molar-refractivity contribution < 1.29 is 19.0 Å². The zero-order valence-corrected chi connectivity index (χ0v) is 10.9. The van der Waals surface area contributed by atoms with Crippen LogP contribution in [-0.4, -0.2) is 25.7 Å². The summed E-state index contributed by atoms with van der Waals surface area (Å²) >= 11 is 0. The van der Waals surface area contributed by atoms with E-state index in [0.717, 1.165) is 23.9 Å². The number of aromatic nitrogens is 3. The van der Waals surface area contributed by atoms with E-state index in [1.54, 1.807) is 16.8 Å². The van der Waals surface area contributed by atoms with Crippen LogP contribution < -0.4 is 4.74 Å². The van der Waals surface area contributed by atoms with Gasteiger partial charge in [-0.15, -0.1) is 0 Å². The number of ether oxygens (including phenoxy) is 1. The lowest BCUT2D eigenvalue weighted by molar-refractivity contribution is 0.0694. The van der Waals surface area contributed by atoms with E-state index in [9.17, 15) is 9.18 Å². The number of fused-ring (bicyclic) bond motifs is 1. The third-order valence-electron chi connectivity index (χ3n) is 2.86. The molecule has 0 fully saturated rings. The second-order valence-corrected chi connectivity index (χ2v) is 4.40. The lowest BCUT2D eigenvalue weighted by Gasteiger charge is -2.08. The predicted molar refractivity (Wildman–Crippen MR) is 71.2 cm³/mol. The molecular formula is C14H10FN3O3. The molecule has 21 heavy (non-hydrogen) atoms. The Hall–Kier alpha value is -2.96. The number of carboxylic acid groups (broad SMARTS) is 1. The van der Waals surface area contributed by atoms with E-state index in [2.05, 4.69) is 10.1 Å². The van der Waals surface area contributed by atoms with Gasteiger partial charge < -0.3 is 9.84 Å². The first-order valence-corrected chi connectivity index (χ1v) is 6.06. The highest BCUT2D eigenvalue weighted by Gasteiger charge is 2.15. The highest BCUT2D eigenvalue weighted by Crippen LogP contribution is 2.28. The minimum atomic E-state index is -1.21. The van der Waals surface area contributed by atoms with Gasteiger partial charge in [0, 0.05) is 18.5 Å². The summed E-state index contributed by atoms with van der Waals surface area (Å²) in [5, 5.41) is 13.3. The first kappa shape index (κ1) is 13.0. The number of halogens is 1. The van der Waals surface area contributed by atoms with Crippen molar-refractivity contribution in [3.05, 3.63) is 53.7 Å². The van der Waals surface area contributed by atoms with Crippen LogP contribution in [0.25, 0.3) is 5.52 Å². The minimum absolute atomic E-state index is 0.109. The van der Waals surface area contributed by atoms with Gasteiger partial charge in [-0.05, 0) is 25.1 Å². The van der Waals surface area contributed by atoms with Gasteiger partial charge in [0.1, 0.15) is 22.6 Å². The molecule has 0 radical (unpaired) electrons. The molecule has 3 aromatic rings. The number of aryl methyl sites for hydroxylation is 1. The molecular weight excluding hydrogens is 277 g/mol. The highest BCUT2D eigenvalue weighted by molar-refractivity contribution is 5.91. The summed E-state index contributed by atoms with van der Waals surface area (Å²) < 4.78 is 20.4. The van der Waals surface area contributed by atoms with Gasteiger partial charge in [0.05, 0.1) is 5.69 Å². The third kappa shape index (κ3) is 2.40. The van der Waals surface area contributed by atoms with E-state index in [0.29, 0.717) is 5.52 Å². The molecule has 3 rings (SSSR count). The maximum absolute atomic E-state index is 13.3. The second kappa shape index (κ2) is 4.86. The fourth-order valence-electron chi connectivity index (χ4n) is 1.96. The molecule has 0 aliphatic rings. The normalized spacial score (nSPS) is 10.8. The standard InChI is InChI=1S/C14H10FN3O3/c1-8-6-11-13(16-4-5-18(11)17-8)21-12-7-9(15)2-3-10(12)14(19)20/h2-7H,1H3,(H,19,20). The van der Waals surface area contributed by atoms with Gasteiger partial charge in [-0.1, -0.05) is 0 Å². The smallest absolute Gasteiger partial charge is 0.339 e. The Morgan fingerprint density at radius 1 is 1.38 bits per heavy atom. The molecule has 7 heteroatoms. The molecule has 0 saturated heterocycles. The van der Waals surface area contributed by atoms with Crippen LogP contribution in [0, 0.1) is 12.7 Å². The first-order chi connectivity index (χ1) is 10.0. The molecule has 1 aromatic carbocycles. The van der Waals surface area contributed by atoms with Gasteiger partial charge in [-0.25, -0.2) is 18.7 Å². The number of rotatable bonds is 3. The van der Waals surface area contributed by atoms with Crippen molar-refractivity contribution in [2.75, 3.05) is 0 Å². The highest BCUT2D eigenvalue weighted by atomic mass is 19.1. The summed E-state index contributed by atoms with van der Waals surface area (Å²) in [5.74, 6) is -1.75. The first-order valence-electron chi connectivity index (χ1n) is 6.06. The Balaban J connectivity index is 2.10. The van der Waals surface area contributed by atoms with E-state index in [1.807, 2.05) is 6.92 Å². The van der Waals surface area contributed by atoms with Crippen LogP contribution in [0.5, 0.6) is 11.6 Å². The molecule has 0 aliphatic heterocycles. The topological polar surface area (TPSA) is 76.7 Å². The Labute approximate surface area is 118 Å². The molecule has 0 aliphatic carbocycles. The van der Waals surface area contributed by atoms with E-state index in [4.69, 9.17) is 9.84 Å². The van der Waals surface area contributed by atoms with Gasteiger partial charge in [0.15, 0.2) is 0 Å². The molecule has 6 nitrogen and oxygen atoms in total. The summed E-state index contributed by atoms with van der Waals surface area (Å²) in [5.41, 5.74) is 1.18. The summed E-state index contributed by atoms with van der Waals surface area (Å²) in [4.78, 5) is 15.2. The van der Waals surface area contributed by atoms with Crippen LogP contribution in [0.1, 0.15) is 16.1 Å². The number of hydrogen-bond donors (Lipinski definition) is 1. The SMILES string of the molecule is Cc1cc2c(Oc3cc(F)ccc3C(=O)O)nccn2n1. The van der Waals surface area contributed by atoms with Gasteiger partial charge in [0.25, 0.3) is 0 Å². The van der Waals surface area contributed by atoms with E-state index >= 15 is 0 Å². The molecule has 1 N–H and O–H groups in total. The Morgan fingerprint density at radius 3 is 2.95 bits per heavy atom. The van der Waals surface area contributed by atoms with Crippen molar-refractivity contribution in [1.29, 1.82) is 0 Å². The number of carboxylic acids is 1. The Morgan fingerprint density at radius 2 is 2.19 bits per heavy atom. The molecule has 0 bridgehead atoms. The largest absolute Gasteiger partial charge is 0.478 e. The molecule has 0 amide bonds. The molecule has 106 valence electrons. The second-order valence-electron chi connectivity index (χ2n) is 4.40. The molecule has 0 saturated carbocycles. The number of benzene rings is 1. The lowest BCUT2D eigenvalue weighted by atomic mass is 10.2. The monoisotopic (exact) mass is 287 g/mol. The van der Waals surface area contributed by atoms with Gasteiger partial charge in [-0.3, -0.25) is 0 Å². The predicted octanol–water partition coefficient (Wildman–Crippen LogP) is 2.67. The van der Waals surface area contributed by atoms with E-state index in [1.165, 1.54) is 6.20 Å². The summed E-state index contributed by atoms with van der Waals surface area (Å²) in [7, 11) is 0. The van der Waals surface area contributed by atoms with Crippen molar-refractivity contribution in [3.63, 3.8) is 0 Å². The average molecular weight is 287 g/mol. The summed E-state index contributed by atoms with van der Waals surface area (Å²) in [6.07, 6.45) is 3.10. The number of hydrogen-bond acceptors (Lipinski definition) is 4. The van der Waals surface area contributed by atoms with Crippen LogP contribution in [-0.2, 0) is 0 Å². The molecule has 0 atom stereocenters. The average Bonchev–Trinajstić information content (AvgIpc) is 2.80. The van der Waals surface area contributed by atoms with Gasteiger partial charge >= 0.3 is 5.97 Å². The van der Waals surface area contributed by atoms with Gasteiger partial charge in [0.2, 0.25) is 5.88 Å². The van der Waals surface area contributed by atoms with Crippen molar-refractivity contribution >= 4 is 11.5 Å². The van der Waals surface area contributed by atoms with Crippen LogP contribution in [0.4, 0.5) is 4.39 Å². The summed E-state index contributed by atoms with van der Waals surface area (Å²) in [6, 6.07) is 4.96. The third-order valence-corrected chi connectivity index (χ3v) is 2.86. The van der Waals surface area contributed by atoms with E-state index < -0.39 is 11.8 Å². The zero-order chi connectivity index (χ0) is 15.0. The lowest BCUT2D eigenvalue weighted by Crippen LogP contribution is -2.02. The Kier molecular flexibility index (Phi) is 3.02. The summed E-state index contributed by atoms with van der Waals surface area (Å²) in [6.45, 7) is 1.81. The molecule has 2 aromatic heterocycles. The number of nitrogens with zero attached hydrogens (tertiary/aromatic N) is 3. The van der Waals surface area contributed by atoms with Crippen LogP contribution >= 0.6 is 0 Å². The maximum Gasteiger partial charge on any atom is 0.339 e. The van der Waals surface area contributed by atoms with Crippen LogP contribution in [0.3, 0.4) is 0 Å². The maximum atomic E-state index is 13.3. The molecule has 0 unspecified atom stereocenters. The Bertz CT molecular complexity index is 845. The van der Waals surface area contributed by atoms with Crippen molar-refractivity contribution in [1.82, 2.24) is 14.6 Å². The van der Waals surface area contributed by atoms with Crippen molar-refractivity contribution in [2.45, 2.75) is 6.92 Å².